The van der Waals surface area contributed by atoms with E-state index in [1.807, 2.05) is 6.07 Å². The van der Waals surface area contributed by atoms with E-state index < -0.39 is 16.9 Å². The lowest BCUT2D eigenvalue weighted by Crippen LogP contribution is -2.33. The van der Waals surface area contributed by atoms with Crippen LogP contribution in [0.4, 0.5) is 0 Å². The van der Waals surface area contributed by atoms with Crippen molar-refractivity contribution in [2.45, 2.75) is 11.0 Å². The van der Waals surface area contributed by atoms with E-state index in [0.29, 0.717) is 11.3 Å². The Hall–Kier alpha value is -1.78. The molecule has 18 heavy (non-hydrogen) atoms. The van der Waals surface area contributed by atoms with Crippen LogP contribution < -0.4 is 5.32 Å². The van der Waals surface area contributed by atoms with Crippen LogP contribution in [0.3, 0.4) is 0 Å². The molecule has 0 saturated carbocycles. The molecular formula is C13H12ClNO3. The van der Waals surface area contributed by atoms with Gasteiger partial charge in [0.05, 0.1) is 0 Å². The summed E-state index contributed by atoms with van der Waals surface area (Å²) in [6.45, 7) is 0. The Morgan fingerprint density at radius 3 is 2.61 bits per heavy atom. The number of carboxylic acids is 1. The second kappa shape index (κ2) is 4.84. The first-order chi connectivity index (χ1) is 8.53. The van der Waals surface area contributed by atoms with Crippen LogP contribution in [-0.2, 0) is 4.79 Å². The average molecular weight is 266 g/mol. The molecule has 0 fully saturated rings. The molecule has 0 aromatic heterocycles. The fourth-order valence-electron chi connectivity index (χ4n) is 1.68. The molecule has 5 heteroatoms. The highest BCUT2D eigenvalue weighted by Crippen LogP contribution is 2.29. The first kappa shape index (κ1) is 12.7. The topological polar surface area (TPSA) is 69.6 Å². The predicted molar refractivity (Wildman–Crippen MR) is 68.0 cm³/mol. The summed E-state index contributed by atoms with van der Waals surface area (Å²) >= 11 is 5.92. The van der Waals surface area contributed by atoms with E-state index in [2.05, 4.69) is 5.32 Å². The van der Waals surface area contributed by atoms with E-state index in [0.717, 1.165) is 0 Å². The minimum absolute atomic E-state index is 0.348. The number of carboxylic acid groups (broad SMARTS) is 1. The monoisotopic (exact) mass is 265 g/mol. The van der Waals surface area contributed by atoms with Crippen molar-refractivity contribution in [1.82, 2.24) is 5.32 Å². The molecular weight excluding hydrogens is 254 g/mol. The van der Waals surface area contributed by atoms with Crippen molar-refractivity contribution in [1.29, 1.82) is 0 Å². The van der Waals surface area contributed by atoms with Crippen molar-refractivity contribution < 1.29 is 15.0 Å². The summed E-state index contributed by atoms with van der Waals surface area (Å²) in [4.78, 5) is 9.43. The second-order valence-electron chi connectivity index (χ2n) is 3.96. The van der Waals surface area contributed by atoms with Crippen molar-refractivity contribution in [3.63, 3.8) is 0 Å². The summed E-state index contributed by atoms with van der Waals surface area (Å²) in [6, 6.07) is 8.93. The fourth-order valence-corrected chi connectivity index (χ4v) is 1.86. The summed E-state index contributed by atoms with van der Waals surface area (Å²) < 4.78 is 0. The molecule has 94 valence electrons. The molecule has 0 spiro atoms. The molecule has 0 aliphatic carbocycles. The lowest BCUT2D eigenvalue weighted by molar-refractivity contribution is -0.137. The van der Waals surface area contributed by atoms with Crippen LogP contribution in [0.15, 0.2) is 54.4 Å². The zero-order valence-electron chi connectivity index (χ0n) is 9.38. The normalized spacial score (nSPS) is 24.0. The zero-order chi connectivity index (χ0) is 13.2. The summed E-state index contributed by atoms with van der Waals surface area (Å²) in [5.41, 5.74) is 1.01. The van der Waals surface area contributed by atoms with Gasteiger partial charge in [0.25, 0.3) is 0 Å². The Kier molecular flexibility index (Phi) is 3.41. The van der Waals surface area contributed by atoms with E-state index in [9.17, 15) is 9.90 Å². The van der Waals surface area contributed by atoms with Crippen molar-refractivity contribution in [2.24, 2.45) is 0 Å². The van der Waals surface area contributed by atoms with Crippen molar-refractivity contribution in [2.75, 3.05) is 0 Å². The van der Waals surface area contributed by atoms with Crippen molar-refractivity contribution in [3.05, 3.63) is 59.9 Å². The smallest absolute Gasteiger partial charge is 0.332 e. The predicted octanol–water partition coefficient (Wildman–Crippen LogP) is 1.78. The molecule has 4 nitrogen and oxygen atoms in total. The van der Waals surface area contributed by atoms with Crippen molar-refractivity contribution >= 4 is 17.6 Å². The highest BCUT2D eigenvalue weighted by molar-refractivity contribution is 6.37. The Morgan fingerprint density at radius 2 is 2.00 bits per heavy atom. The maximum Gasteiger partial charge on any atom is 0.332 e. The van der Waals surface area contributed by atoms with Gasteiger partial charge in [0.2, 0.25) is 0 Å². The number of aliphatic hydroxyl groups excluding tert-OH is 1. The zero-order valence-corrected chi connectivity index (χ0v) is 10.1. The Bertz CT molecular complexity index is 512. The third kappa shape index (κ3) is 2.39. The van der Waals surface area contributed by atoms with Crippen LogP contribution in [-0.4, -0.2) is 21.1 Å². The van der Waals surface area contributed by atoms with Gasteiger partial charge in [-0.05, 0) is 23.9 Å². The average Bonchev–Trinajstić information content (AvgIpc) is 2.39. The number of nitrogens with one attached hydrogen (secondary N) is 1. The summed E-state index contributed by atoms with van der Waals surface area (Å²) in [7, 11) is 0. The van der Waals surface area contributed by atoms with E-state index >= 15 is 0 Å². The van der Waals surface area contributed by atoms with Crippen LogP contribution in [0.25, 0.3) is 0 Å². The molecule has 2 atom stereocenters. The van der Waals surface area contributed by atoms with Crippen molar-refractivity contribution in [3.8, 4) is 0 Å². The van der Waals surface area contributed by atoms with Crippen LogP contribution in [0.2, 0.25) is 0 Å². The third-order valence-electron chi connectivity index (χ3n) is 2.68. The highest BCUT2D eigenvalue weighted by atomic mass is 35.5. The summed E-state index contributed by atoms with van der Waals surface area (Å²) in [6.07, 6.45) is 3.10. The lowest BCUT2D eigenvalue weighted by Gasteiger charge is -2.24. The molecule has 1 aromatic rings. The molecule has 1 heterocycles. The molecule has 2 rings (SSSR count). The van der Waals surface area contributed by atoms with Gasteiger partial charge in [-0.3, -0.25) is 0 Å². The Labute approximate surface area is 109 Å². The summed E-state index contributed by atoms with van der Waals surface area (Å²) in [5, 5.41) is 22.0. The van der Waals surface area contributed by atoms with Crippen LogP contribution in [0.1, 0.15) is 11.7 Å². The number of aliphatic hydroxyl groups is 1. The molecule has 0 amide bonds. The minimum atomic E-state index is -1.61. The number of halogens is 1. The number of carbonyl (C=O) groups is 1. The molecule has 0 saturated heterocycles. The Morgan fingerprint density at radius 1 is 1.33 bits per heavy atom. The summed E-state index contributed by atoms with van der Waals surface area (Å²) in [5.74, 6) is -1.18. The number of aliphatic carboxylic acids is 1. The van der Waals surface area contributed by atoms with Gasteiger partial charge < -0.3 is 15.5 Å². The third-order valence-corrected chi connectivity index (χ3v) is 3.08. The van der Waals surface area contributed by atoms with E-state index in [4.69, 9.17) is 16.7 Å². The Balaban J connectivity index is 2.30. The van der Waals surface area contributed by atoms with Gasteiger partial charge in [-0.1, -0.05) is 41.9 Å². The van der Waals surface area contributed by atoms with E-state index in [1.165, 1.54) is 18.4 Å². The molecule has 2 unspecified atom stereocenters. The van der Waals surface area contributed by atoms with Gasteiger partial charge in [0.1, 0.15) is 6.10 Å². The molecule has 3 N–H and O–H groups in total. The maximum atomic E-state index is 11.0. The number of hydrogen-bond acceptors (Lipinski definition) is 3. The highest BCUT2D eigenvalue weighted by Gasteiger charge is 2.34. The lowest BCUT2D eigenvalue weighted by atomic mass is 9.99. The quantitative estimate of drug-likeness (QED) is 0.729. The number of hydrogen-bond donors (Lipinski definition) is 3. The number of rotatable bonds is 3. The number of benzene rings is 1. The number of dihydropyridines is 1. The van der Waals surface area contributed by atoms with Gasteiger partial charge in [-0.25, -0.2) is 4.79 Å². The minimum Gasteiger partial charge on any atom is -0.479 e. The standard InChI is InChI=1S/C13H12ClNO3/c14-13(12(17)18)6-7-15-10(8-13)11(16)9-4-2-1-3-5-9/h1-8,11,15-16H,(H,17,18). The van der Waals surface area contributed by atoms with Gasteiger partial charge in [-0.2, -0.15) is 0 Å². The van der Waals surface area contributed by atoms with Gasteiger partial charge in [0, 0.05) is 5.70 Å². The SMILES string of the molecule is O=C(O)C1(Cl)C=CNC(C(O)c2ccccc2)=C1. The second-order valence-corrected chi connectivity index (χ2v) is 4.59. The molecule has 0 radical (unpaired) electrons. The molecule has 1 aliphatic rings. The van der Waals surface area contributed by atoms with E-state index in [-0.39, 0.29) is 0 Å². The molecule has 1 aromatic carbocycles. The van der Waals surface area contributed by atoms with Crippen LogP contribution in [0, 0.1) is 0 Å². The van der Waals surface area contributed by atoms with E-state index in [1.54, 1.807) is 24.3 Å². The first-order valence-electron chi connectivity index (χ1n) is 5.35. The largest absolute Gasteiger partial charge is 0.479 e. The first-order valence-corrected chi connectivity index (χ1v) is 5.73. The number of alkyl halides is 1. The van der Waals surface area contributed by atoms with Gasteiger partial charge in [-0.15, -0.1) is 0 Å². The molecule has 0 bridgehead atoms. The maximum absolute atomic E-state index is 11.0. The van der Waals surface area contributed by atoms with Gasteiger partial charge >= 0.3 is 5.97 Å². The van der Waals surface area contributed by atoms with Crippen LogP contribution >= 0.6 is 11.6 Å². The van der Waals surface area contributed by atoms with Crippen LogP contribution in [0.5, 0.6) is 0 Å². The van der Waals surface area contributed by atoms with Gasteiger partial charge in [0.15, 0.2) is 4.87 Å². The fraction of sp³-hybridized carbons (Fsp3) is 0.154. The molecule has 1 aliphatic heterocycles.